The Hall–Kier alpha value is -2.95. The molecule has 2 aromatic carbocycles. The van der Waals surface area contributed by atoms with Crippen molar-refractivity contribution in [1.29, 1.82) is 0 Å². The summed E-state index contributed by atoms with van der Waals surface area (Å²) in [5.74, 6) is -0.0643. The normalized spacial score (nSPS) is 11.9. The summed E-state index contributed by atoms with van der Waals surface area (Å²) in [6.07, 6.45) is 4.12. The summed E-state index contributed by atoms with van der Waals surface area (Å²) < 4.78 is 1.70. The average Bonchev–Trinajstić information content (AvgIpc) is 3.16. The highest BCUT2D eigenvalue weighted by molar-refractivity contribution is 5.94. The Balaban J connectivity index is 1.67. The molecule has 1 amide bonds. The predicted molar refractivity (Wildman–Crippen MR) is 93.1 cm³/mol. The fourth-order valence-electron chi connectivity index (χ4n) is 2.51. The molecule has 0 spiro atoms. The van der Waals surface area contributed by atoms with E-state index < -0.39 is 0 Å². The van der Waals surface area contributed by atoms with Crippen LogP contribution in [0.3, 0.4) is 0 Å². The Bertz CT molecular complexity index is 792. The van der Waals surface area contributed by atoms with Crippen LogP contribution in [0.15, 0.2) is 61.2 Å². The van der Waals surface area contributed by atoms with E-state index in [2.05, 4.69) is 22.3 Å². The van der Waals surface area contributed by atoms with E-state index in [1.165, 1.54) is 11.9 Å². The van der Waals surface area contributed by atoms with Crippen LogP contribution in [0.4, 0.5) is 0 Å². The van der Waals surface area contributed by atoms with Gasteiger partial charge in [0, 0.05) is 5.56 Å². The van der Waals surface area contributed by atoms with Crippen molar-refractivity contribution >= 4 is 5.91 Å². The highest BCUT2D eigenvalue weighted by Crippen LogP contribution is 2.16. The molecule has 3 aromatic rings. The molecule has 1 N–H and O–H groups in total. The second-order valence-electron chi connectivity index (χ2n) is 5.68. The van der Waals surface area contributed by atoms with Gasteiger partial charge in [0.15, 0.2) is 0 Å². The number of carbonyl (C=O) groups is 1. The molecule has 0 saturated heterocycles. The molecule has 1 atom stereocenters. The van der Waals surface area contributed by atoms with Gasteiger partial charge in [0.25, 0.3) is 5.91 Å². The minimum atomic E-state index is -0.0758. The topological polar surface area (TPSA) is 59.8 Å². The van der Waals surface area contributed by atoms with Gasteiger partial charge in [-0.1, -0.05) is 31.2 Å². The number of aryl methyl sites for hydroxylation is 1. The molecule has 1 aromatic heterocycles. The van der Waals surface area contributed by atoms with E-state index in [9.17, 15) is 4.79 Å². The minimum Gasteiger partial charge on any atom is -0.346 e. The third-order valence-corrected chi connectivity index (χ3v) is 4.05. The number of nitrogens with one attached hydrogen (secondary N) is 1. The van der Waals surface area contributed by atoms with Gasteiger partial charge in [0.05, 0.1) is 11.7 Å². The maximum Gasteiger partial charge on any atom is 0.251 e. The highest BCUT2D eigenvalue weighted by Gasteiger charge is 2.11. The summed E-state index contributed by atoms with van der Waals surface area (Å²) in [5, 5.41) is 7.13. The van der Waals surface area contributed by atoms with Gasteiger partial charge in [-0.05, 0) is 48.7 Å². The molecule has 0 radical (unpaired) electrons. The molecule has 0 saturated carbocycles. The fourth-order valence-corrected chi connectivity index (χ4v) is 2.51. The maximum absolute atomic E-state index is 12.3. The molecule has 0 bridgehead atoms. The van der Waals surface area contributed by atoms with E-state index in [1.807, 2.05) is 55.5 Å². The number of nitrogens with zero attached hydrogens (tertiary/aromatic N) is 3. The van der Waals surface area contributed by atoms with Crippen LogP contribution >= 0.6 is 0 Å². The van der Waals surface area contributed by atoms with Gasteiger partial charge in [-0.15, -0.1) is 0 Å². The van der Waals surface area contributed by atoms with Gasteiger partial charge >= 0.3 is 0 Å². The second kappa shape index (κ2) is 7.08. The zero-order chi connectivity index (χ0) is 16.9. The summed E-state index contributed by atoms with van der Waals surface area (Å²) >= 11 is 0. The molecule has 1 heterocycles. The van der Waals surface area contributed by atoms with Crippen LogP contribution < -0.4 is 5.32 Å². The first-order valence-electron chi connectivity index (χ1n) is 8.02. The van der Waals surface area contributed by atoms with Crippen molar-refractivity contribution in [1.82, 2.24) is 20.1 Å². The highest BCUT2D eigenvalue weighted by atomic mass is 16.1. The zero-order valence-corrected chi connectivity index (χ0v) is 13.8. The lowest BCUT2D eigenvalue weighted by Gasteiger charge is -2.15. The summed E-state index contributed by atoms with van der Waals surface area (Å²) in [7, 11) is 0. The quantitative estimate of drug-likeness (QED) is 0.784. The van der Waals surface area contributed by atoms with Crippen molar-refractivity contribution in [2.45, 2.75) is 26.3 Å². The van der Waals surface area contributed by atoms with E-state index in [-0.39, 0.29) is 11.9 Å². The molecule has 5 heteroatoms. The van der Waals surface area contributed by atoms with Crippen LogP contribution in [0.25, 0.3) is 5.69 Å². The number of rotatable bonds is 5. The third-order valence-electron chi connectivity index (χ3n) is 4.05. The van der Waals surface area contributed by atoms with E-state index >= 15 is 0 Å². The summed E-state index contributed by atoms with van der Waals surface area (Å²) in [6.45, 7) is 4.07. The number of hydrogen-bond donors (Lipinski definition) is 1. The van der Waals surface area contributed by atoms with Crippen molar-refractivity contribution in [3.63, 3.8) is 0 Å². The summed E-state index contributed by atoms with van der Waals surface area (Å²) in [4.78, 5) is 16.3. The lowest BCUT2D eigenvalue weighted by atomic mass is 10.1. The van der Waals surface area contributed by atoms with Crippen LogP contribution in [-0.4, -0.2) is 20.7 Å². The summed E-state index contributed by atoms with van der Waals surface area (Å²) in [5.41, 5.74) is 3.88. The first-order chi connectivity index (χ1) is 11.7. The van der Waals surface area contributed by atoms with Crippen molar-refractivity contribution in [2.75, 3.05) is 0 Å². The molecular formula is C19H20N4O. The molecule has 5 nitrogen and oxygen atoms in total. The van der Waals surface area contributed by atoms with Crippen LogP contribution in [0, 0.1) is 0 Å². The van der Waals surface area contributed by atoms with Crippen LogP contribution in [0.5, 0.6) is 0 Å². The number of carbonyl (C=O) groups excluding carboxylic acids is 1. The van der Waals surface area contributed by atoms with Crippen LogP contribution in [-0.2, 0) is 6.42 Å². The van der Waals surface area contributed by atoms with Crippen LogP contribution in [0.1, 0.15) is 41.4 Å². The van der Waals surface area contributed by atoms with Gasteiger partial charge < -0.3 is 5.32 Å². The van der Waals surface area contributed by atoms with Crippen molar-refractivity contribution in [2.24, 2.45) is 0 Å². The van der Waals surface area contributed by atoms with Gasteiger partial charge in [-0.3, -0.25) is 4.79 Å². The largest absolute Gasteiger partial charge is 0.346 e. The van der Waals surface area contributed by atoms with E-state index in [0.717, 1.165) is 17.7 Å². The predicted octanol–water partition coefficient (Wildman–Crippen LogP) is 3.32. The second-order valence-corrected chi connectivity index (χ2v) is 5.68. The van der Waals surface area contributed by atoms with Crippen molar-refractivity contribution < 1.29 is 4.79 Å². The van der Waals surface area contributed by atoms with Gasteiger partial charge in [0.1, 0.15) is 12.7 Å². The van der Waals surface area contributed by atoms with Crippen molar-refractivity contribution in [3.8, 4) is 5.69 Å². The molecule has 0 fully saturated rings. The molecule has 0 aliphatic rings. The average molecular weight is 320 g/mol. The lowest BCUT2D eigenvalue weighted by molar-refractivity contribution is 0.0940. The molecular weight excluding hydrogens is 300 g/mol. The Morgan fingerprint density at radius 1 is 1.12 bits per heavy atom. The van der Waals surface area contributed by atoms with E-state index in [1.54, 1.807) is 11.0 Å². The third kappa shape index (κ3) is 3.51. The first-order valence-corrected chi connectivity index (χ1v) is 8.02. The van der Waals surface area contributed by atoms with E-state index in [4.69, 9.17) is 0 Å². The van der Waals surface area contributed by atoms with Gasteiger partial charge in [0.2, 0.25) is 0 Å². The van der Waals surface area contributed by atoms with Gasteiger partial charge in [-0.25, -0.2) is 9.67 Å². The Morgan fingerprint density at radius 3 is 2.42 bits per heavy atom. The molecule has 0 aliphatic heterocycles. The SMILES string of the molecule is CCc1ccc(C(=O)NC(C)c2ccc(-n3cncn3)cc2)cc1. The van der Waals surface area contributed by atoms with Gasteiger partial charge in [-0.2, -0.15) is 5.10 Å². The summed E-state index contributed by atoms with van der Waals surface area (Å²) in [6, 6.07) is 15.5. The Kier molecular flexibility index (Phi) is 4.70. The Labute approximate surface area is 141 Å². The Morgan fingerprint density at radius 2 is 1.83 bits per heavy atom. The standard InChI is InChI=1S/C19H20N4O/c1-3-15-4-6-17(7-5-15)19(24)22-14(2)16-8-10-18(11-9-16)23-13-20-12-21-23/h4-14H,3H2,1-2H3,(H,22,24). The maximum atomic E-state index is 12.3. The first kappa shape index (κ1) is 15.9. The minimum absolute atomic E-state index is 0.0643. The van der Waals surface area contributed by atoms with E-state index in [0.29, 0.717) is 5.56 Å². The smallest absolute Gasteiger partial charge is 0.251 e. The zero-order valence-electron chi connectivity index (χ0n) is 13.8. The number of benzene rings is 2. The number of aromatic nitrogens is 3. The molecule has 0 aliphatic carbocycles. The molecule has 3 rings (SSSR count). The molecule has 122 valence electrons. The molecule has 1 unspecified atom stereocenters. The van der Waals surface area contributed by atoms with Crippen molar-refractivity contribution in [3.05, 3.63) is 77.9 Å². The number of amides is 1. The fraction of sp³-hybridized carbons (Fsp3) is 0.211. The monoisotopic (exact) mass is 320 g/mol. The van der Waals surface area contributed by atoms with Crippen LogP contribution in [0.2, 0.25) is 0 Å². The molecule has 24 heavy (non-hydrogen) atoms. The lowest BCUT2D eigenvalue weighted by Crippen LogP contribution is -2.26. The number of hydrogen-bond acceptors (Lipinski definition) is 3.